The fourth-order valence-electron chi connectivity index (χ4n) is 1.59. The van der Waals surface area contributed by atoms with Gasteiger partial charge in [0.05, 0.1) is 9.85 Å². The standard InChI is InChI=1S/C12H9N3O5/c1-8-12(15(18)19)11(20-13-8)7-4-9-2-5-10(6-3-9)14(16)17/h2-7H,1H3. The number of hydrogen-bond acceptors (Lipinski definition) is 6. The Hall–Kier alpha value is -3.03. The first kappa shape index (κ1) is 13.4. The van der Waals surface area contributed by atoms with E-state index in [1.165, 1.54) is 37.3 Å². The third-order valence-electron chi connectivity index (χ3n) is 2.57. The minimum Gasteiger partial charge on any atom is -0.349 e. The molecule has 0 spiro atoms. The van der Waals surface area contributed by atoms with Gasteiger partial charge in [-0.05, 0) is 30.7 Å². The summed E-state index contributed by atoms with van der Waals surface area (Å²) >= 11 is 0. The van der Waals surface area contributed by atoms with Gasteiger partial charge in [-0.25, -0.2) is 0 Å². The second kappa shape index (κ2) is 5.31. The molecule has 8 heteroatoms. The van der Waals surface area contributed by atoms with Gasteiger partial charge in [-0.15, -0.1) is 0 Å². The Labute approximate surface area is 112 Å². The van der Waals surface area contributed by atoms with Crippen LogP contribution in [0.2, 0.25) is 0 Å². The second-order valence-corrected chi connectivity index (χ2v) is 3.92. The molecule has 0 amide bonds. The maximum Gasteiger partial charge on any atom is 0.338 e. The van der Waals surface area contributed by atoms with Crippen molar-refractivity contribution >= 4 is 23.5 Å². The lowest BCUT2D eigenvalue weighted by molar-refractivity contribution is -0.386. The fourth-order valence-corrected chi connectivity index (χ4v) is 1.59. The van der Waals surface area contributed by atoms with E-state index in [0.29, 0.717) is 5.56 Å². The predicted octanol–water partition coefficient (Wildman–Crippen LogP) is 2.97. The lowest BCUT2D eigenvalue weighted by atomic mass is 10.2. The topological polar surface area (TPSA) is 112 Å². The van der Waals surface area contributed by atoms with Gasteiger partial charge in [-0.1, -0.05) is 11.2 Å². The second-order valence-electron chi connectivity index (χ2n) is 3.92. The minimum absolute atomic E-state index is 0.0244. The van der Waals surface area contributed by atoms with Crippen LogP contribution in [0.25, 0.3) is 12.2 Å². The van der Waals surface area contributed by atoms with E-state index < -0.39 is 9.85 Å². The van der Waals surface area contributed by atoms with Gasteiger partial charge < -0.3 is 4.52 Å². The first-order valence-corrected chi connectivity index (χ1v) is 5.52. The highest BCUT2D eigenvalue weighted by Crippen LogP contribution is 2.24. The summed E-state index contributed by atoms with van der Waals surface area (Å²) in [6.07, 6.45) is 2.95. The maximum absolute atomic E-state index is 10.8. The van der Waals surface area contributed by atoms with Crippen molar-refractivity contribution in [2.24, 2.45) is 0 Å². The van der Waals surface area contributed by atoms with Crippen LogP contribution < -0.4 is 0 Å². The van der Waals surface area contributed by atoms with Crippen LogP contribution in [0.3, 0.4) is 0 Å². The lowest BCUT2D eigenvalue weighted by Crippen LogP contribution is -1.90. The monoisotopic (exact) mass is 275 g/mol. The summed E-state index contributed by atoms with van der Waals surface area (Å²) in [5.41, 5.74) is 0.629. The van der Waals surface area contributed by atoms with Crippen molar-refractivity contribution in [2.45, 2.75) is 6.92 Å². The molecule has 1 aromatic carbocycles. The maximum atomic E-state index is 10.8. The van der Waals surface area contributed by atoms with Gasteiger partial charge >= 0.3 is 5.69 Å². The summed E-state index contributed by atoms with van der Waals surface area (Å²) in [6.45, 7) is 1.48. The first-order valence-electron chi connectivity index (χ1n) is 5.52. The minimum atomic E-state index is -0.568. The van der Waals surface area contributed by atoms with Crippen molar-refractivity contribution in [1.82, 2.24) is 5.16 Å². The van der Waals surface area contributed by atoms with Gasteiger partial charge in [-0.3, -0.25) is 20.2 Å². The Morgan fingerprint density at radius 3 is 2.30 bits per heavy atom. The smallest absolute Gasteiger partial charge is 0.338 e. The first-order chi connectivity index (χ1) is 9.49. The van der Waals surface area contributed by atoms with Crippen LogP contribution in [0.1, 0.15) is 17.0 Å². The van der Waals surface area contributed by atoms with Crippen LogP contribution in [0, 0.1) is 27.2 Å². The van der Waals surface area contributed by atoms with Gasteiger partial charge in [0.1, 0.15) is 0 Å². The Morgan fingerprint density at radius 1 is 1.10 bits per heavy atom. The van der Waals surface area contributed by atoms with Crippen molar-refractivity contribution in [3.05, 3.63) is 61.5 Å². The van der Waals surface area contributed by atoms with Crippen molar-refractivity contribution in [3.63, 3.8) is 0 Å². The molecular formula is C12H9N3O5. The summed E-state index contributed by atoms with van der Waals surface area (Å²) in [5.74, 6) is 0.0332. The summed E-state index contributed by atoms with van der Waals surface area (Å²) in [6, 6.07) is 5.76. The van der Waals surface area contributed by atoms with Gasteiger partial charge in [-0.2, -0.15) is 0 Å². The Bertz CT molecular complexity index is 688. The Kier molecular flexibility index (Phi) is 3.56. The SMILES string of the molecule is Cc1noc(C=Cc2ccc([N+](=O)[O-])cc2)c1[N+](=O)[O-]. The highest BCUT2D eigenvalue weighted by molar-refractivity contribution is 5.72. The van der Waals surface area contributed by atoms with Gasteiger partial charge in [0.15, 0.2) is 5.69 Å². The highest BCUT2D eigenvalue weighted by Gasteiger charge is 2.21. The van der Waals surface area contributed by atoms with Crippen molar-refractivity contribution in [1.29, 1.82) is 0 Å². The number of nitrogens with zero attached hydrogens (tertiary/aromatic N) is 3. The number of nitro benzene ring substituents is 1. The van der Waals surface area contributed by atoms with Crippen LogP contribution in [-0.4, -0.2) is 15.0 Å². The van der Waals surface area contributed by atoms with Crippen LogP contribution in [-0.2, 0) is 0 Å². The molecular weight excluding hydrogens is 266 g/mol. The molecule has 2 rings (SSSR count). The molecule has 2 aromatic rings. The van der Waals surface area contributed by atoms with E-state index in [1.54, 1.807) is 6.08 Å². The number of aromatic nitrogens is 1. The fraction of sp³-hybridized carbons (Fsp3) is 0.0833. The molecule has 0 saturated heterocycles. The zero-order valence-corrected chi connectivity index (χ0v) is 10.3. The quantitative estimate of drug-likeness (QED) is 0.626. The molecule has 0 aliphatic heterocycles. The molecule has 0 N–H and O–H groups in total. The largest absolute Gasteiger partial charge is 0.349 e. The molecule has 0 aliphatic rings. The molecule has 102 valence electrons. The van der Waals surface area contributed by atoms with Crippen molar-refractivity contribution in [3.8, 4) is 0 Å². The van der Waals surface area contributed by atoms with Crippen LogP contribution in [0.15, 0.2) is 28.8 Å². The summed E-state index contributed by atoms with van der Waals surface area (Å²) in [4.78, 5) is 20.3. The number of aryl methyl sites for hydroxylation is 1. The van der Waals surface area contributed by atoms with Crippen LogP contribution >= 0.6 is 0 Å². The molecule has 0 bridgehead atoms. The van der Waals surface area contributed by atoms with Crippen LogP contribution in [0.5, 0.6) is 0 Å². The molecule has 8 nitrogen and oxygen atoms in total. The number of nitro groups is 2. The molecule has 0 unspecified atom stereocenters. The summed E-state index contributed by atoms with van der Waals surface area (Å²) < 4.78 is 4.85. The molecule has 0 aliphatic carbocycles. The highest BCUT2D eigenvalue weighted by atomic mass is 16.6. The van der Waals surface area contributed by atoms with Gasteiger partial charge in [0, 0.05) is 12.1 Å². The normalized spacial score (nSPS) is 10.8. The Morgan fingerprint density at radius 2 is 1.75 bits per heavy atom. The average molecular weight is 275 g/mol. The number of hydrogen-bond donors (Lipinski definition) is 0. The van der Waals surface area contributed by atoms with E-state index in [1.807, 2.05) is 0 Å². The number of non-ortho nitro benzene ring substituents is 1. The summed E-state index contributed by atoms with van der Waals surface area (Å²) in [5, 5.41) is 24.9. The molecule has 0 fully saturated rings. The Balaban J connectivity index is 2.25. The third-order valence-corrected chi connectivity index (χ3v) is 2.57. The van der Waals surface area contributed by atoms with E-state index >= 15 is 0 Å². The van der Waals surface area contributed by atoms with E-state index in [4.69, 9.17) is 4.52 Å². The zero-order chi connectivity index (χ0) is 14.7. The van der Waals surface area contributed by atoms with E-state index in [9.17, 15) is 20.2 Å². The molecule has 1 aromatic heterocycles. The van der Waals surface area contributed by atoms with Crippen molar-refractivity contribution < 1.29 is 14.4 Å². The van der Waals surface area contributed by atoms with Gasteiger partial charge in [0.25, 0.3) is 5.69 Å². The summed E-state index contributed by atoms with van der Waals surface area (Å²) in [7, 11) is 0. The third kappa shape index (κ3) is 2.69. The number of rotatable bonds is 4. The van der Waals surface area contributed by atoms with E-state index in [2.05, 4.69) is 5.16 Å². The molecule has 0 atom stereocenters. The molecule has 20 heavy (non-hydrogen) atoms. The average Bonchev–Trinajstić information content (AvgIpc) is 2.78. The molecule has 1 heterocycles. The molecule has 0 saturated carbocycles. The predicted molar refractivity (Wildman–Crippen MR) is 69.9 cm³/mol. The number of benzene rings is 1. The zero-order valence-electron chi connectivity index (χ0n) is 10.3. The van der Waals surface area contributed by atoms with Crippen molar-refractivity contribution in [2.75, 3.05) is 0 Å². The van der Waals surface area contributed by atoms with Crippen LogP contribution in [0.4, 0.5) is 11.4 Å². The molecule has 0 radical (unpaired) electrons. The van der Waals surface area contributed by atoms with E-state index in [0.717, 1.165) is 0 Å². The lowest BCUT2D eigenvalue weighted by Gasteiger charge is -1.93. The van der Waals surface area contributed by atoms with Gasteiger partial charge in [0.2, 0.25) is 5.76 Å². The van der Waals surface area contributed by atoms with E-state index in [-0.39, 0.29) is 22.8 Å².